The number of anilines is 1. The zero-order valence-electron chi connectivity index (χ0n) is 13.9. The number of imidazole rings is 1. The predicted molar refractivity (Wildman–Crippen MR) is 95.9 cm³/mol. The van der Waals surface area contributed by atoms with Gasteiger partial charge in [-0.05, 0) is 43.2 Å². The van der Waals surface area contributed by atoms with Crippen LogP contribution in [0, 0.1) is 6.92 Å². The first-order chi connectivity index (χ1) is 11.6. The Balaban J connectivity index is 1.81. The van der Waals surface area contributed by atoms with E-state index in [1.807, 2.05) is 31.2 Å². The fraction of sp³-hybridized carbons (Fsp3) is 0.263. The van der Waals surface area contributed by atoms with E-state index in [0.717, 1.165) is 46.5 Å². The molecule has 0 bridgehead atoms. The van der Waals surface area contributed by atoms with Gasteiger partial charge in [0.05, 0.1) is 23.2 Å². The molecule has 0 aliphatic carbocycles. The molecule has 0 saturated carbocycles. The number of aromatic amines is 1. The van der Waals surface area contributed by atoms with Crippen LogP contribution in [0.2, 0.25) is 0 Å². The average Bonchev–Trinajstić information content (AvgIpc) is 2.98. The number of nitrogens with one attached hydrogen (secondary N) is 1. The molecule has 0 aliphatic heterocycles. The van der Waals surface area contributed by atoms with Crippen molar-refractivity contribution in [3.63, 3.8) is 0 Å². The molecule has 0 unspecified atom stereocenters. The number of hydrogen-bond acceptors (Lipinski definition) is 4. The topological polar surface area (TPSA) is 81.0 Å². The van der Waals surface area contributed by atoms with Gasteiger partial charge in [0.1, 0.15) is 5.82 Å². The summed E-state index contributed by atoms with van der Waals surface area (Å²) < 4.78 is 5.21. The molecule has 0 spiro atoms. The number of nitrogens with zero attached hydrogens (tertiary/aromatic N) is 1. The van der Waals surface area contributed by atoms with Crippen molar-refractivity contribution in [2.45, 2.75) is 26.7 Å². The van der Waals surface area contributed by atoms with Gasteiger partial charge >= 0.3 is 5.97 Å². The Bertz CT molecular complexity index is 827. The summed E-state index contributed by atoms with van der Waals surface area (Å²) in [6, 6.07) is 11.1. The third-order valence-corrected chi connectivity index (χ3v) is 3.99. The summed E-state index contributed by atoms with van der Waals surface area (Å²) in [5.74, 6) is 0.462. The summed E-state index contributed by atoms with van der Waals surface area (Å²) in [6.45, 7) is 4.49. The van der Waals surface area contributed by atoms with Gasteiger partial charge in [-0.2, -0.15) is 0 Å². The predicted octanol–water partition coefficient (Wildman–Crippen LogP) is 4.08. The zero-order valence-corrected chi connectivity index (χ0v) is 13.9. The molecule has 1 aromatic heterocycles. The van der Waals surface area contributed by atoms with Gasteiger partial charge in [0, 0.05) is 11.3 Å². The molecule has 5 heteroatoms. The molecule has 0 fully saturated rings. The number of fused-ring (bicyclic) bond motifs is 1. The maximum absolute atomic E-state index is 11.9. The van der Waals surface area contributed by atoms with Crippen LogP contribution < -0.4 is 5.73 Å². The lowest BCUT2D eigenvalue weighted by molar-refractivity contribution is 0.0500. The van der Waals surface area contributed by atoms with Gasteiger partial charge in [0.2, 0.25) is 0 Å². The monoisotopic (exact) mass is 323 g/mol. The van der Waals surface area contributed by atoms with Crippen LogP contribution in [0.3, 0.4) is 0 Å². The minimum Gasteiger partial charge on any atom is -0.462 e. The highest BCUT2D eigenvalue weighted by atomic mass is 16.5. The molecule has 124 valence electrons. The first kappa shape index (κ1) is 16.1. The van der Waals surface area contributed by atoms with E-state index >= 15 is 0 Å². The normalized spacial score (nSPS) is 10.9. The molecule has 0 amide bonds. The smallest absolute Gasteiger partial charge is 0.338 e. The maximum atomic E-state index is 11.9. The molecule has 0 radical (unpaired) electrons. The van der Waals surface area contributed by atoms with E-state index in [0.29, 0.717) is 12.2 Å². The quantitative estimate of drug-likeness (QED) is 0.421. The number of ether oxygens (including phenoxy) is 1. The maximum Gasteiger partial charge on any atom is 0.338 e. The molecule has 0 atom stereocenters. The van der Waals surface area contributed by atoms with Crippen LogP contribution in [0.4, 0.5) is 5.69 Å². The van der Waals surface area contributed by atoms with Crippen molar-refractivity contribution in [2.24, 2.45) is 0 Å². The van der Waals surface area contributed by atoms with Crippen LogP contribution in [-0.4, -0.2) is 22.5 Å². The van der Waals surface area contributed by atoms with Crippen molar-refractivity contribution in [3.05, 3.63) is 47.5 Å². The Kier molecular flexibility index (Phi) is 4.51. The van der Waals surface area contributed by atoms with Crippen molar-refractivity contribution in [2.75, 3.05) is 12.3 Å². The fourth-order valence-corrected chi connectivity index (χ4v) is 2.47. The van der Waals surface area contributed by atoms with Crippen molar-refractivity contribution < 1.29 is 9.53 Å². The number of carbonyl (C=O) groups is 1. The number of nitrogen functional groups attached to an aromatic ring is 1. The summed E-state index contributed by atoms with van der Waals surface area (Å²) in [5, 5.41) is 0. The van der Waals surface area contributed by atoms with Gasteiger partial charge in [-0.25, -0.2) is 9.78 Å². The highest BCUT2D eigenvalue weighted by Gasteiger charge is 2.10. The number of esters is 1. The van der Waals surface area contributed by atoms with Gasteiger partial charge in [-0.15, -0.1) is 0 Å². The van der Waals surface area contributed by atoms with E-state index in [9.17, 15) is 4.79 Å². The highest BCUT2D eigenvalue weighted by Crippen LogP contribution is 2.24. The Morgan fingerprint density at radius 1 is 1.25 bits per heavy atom. The lowest BCUT2D eigenvalue weighted by Gasteiger charge is -2.04. The van der Waals surface area contributed by atoms with Gasteiger partial charge < -0.3 is 15.5 Å². The van der Waals surface area contributed by atoms with Gasteiger partial charge in [0.15, 0.2) is 0 Å². The van der Waals surface area contributed by atoms with E-state index in [1.165, 1.54) is 0 Å². The molecule has 3 N–H and O–H groups in total. The van der Waals surface area contributed by atoms with E-state index in [-0.39, 0.29) is 5.97 Å². The minimum absolute atomic E-state index is 0.289. The molecular formula is C19H21N3O2. The molecule has 0 saturated heterocycles. The third-order valence-electron chi connectivity index (χ3n) is 3.99. The molecule has 2 aromatic carbocycles. The molecule has 24 heavy (non-hydrogen) atoms. The largest absolute Gasteiger partial charge is 0.462 e. The van der Waals surface area contributed by atoms with Crippen LogP contribution in [0.5, 0.6) is 0 Å². The number of H-pyrrole nitrogens is 1. The second kappa shape index (κ2) is 6.74. The second-order valence-electron chi connectivity index (χ2n) is 5.88. The Labute approximate surface area is 140 Å². The number of aryl methyl sites for hydroxylation is 1. The van der Waals surface area contributed by atoms with E-state index < -0.39 is 0 Å². The number of hydrogen-bond donors (Lipinski definition) is 2. The molecule has 0 aliphatic rings. The highest BCUT2D eigenvalue weighted by molar-refractivity contribution is 5.90. The number of rotatable bonds is 5. The van der Waals surface area contributed by atoms with E-state index in [2.05, 4.69) is 16.9 Å². The van der Waals surface area contributed by atoms with Gasteiger partial charge in [-0.3, -0.25) is 0 Å². The zero-order chi connectivity index (χ0) is 17.1. The summed E-state index contributed by atoms with van der Waals surface area (Å²) in [6.07, 6.45) is 1.88. The third kappa shape index (κ3) is 3.25. The first-order valence-corrected chi connectivity index (χ1v) is 8.12. The summed E-state index contributed by atoms with van der Waals surface area (Å²) >= 11 is 0. The molecule has 3 rings (SSSR count). The van der Waals surface area contributed by atoms with Crippen LogP contribution in [-0.2, 0) is 4.74 Å². The second-order valence-corrected chi connectivity index (χ2v) is 5.88. The first-order valence-electron chi connectivity index (χ1n) is 8.12. The summed E-state index contributed by atoms with van der Waals surface area (Å²) in [7, 11) is 0. The molecule has 5 nitrogen and oxygen atoms in total. The molecule has 3 aromatic rings. The van der Waals surface area contributed by atoms with Crippen molar-refractivity contribution in [3.8, 4) is 11.4 Å². The summed E-state index contributed by atoms with van der Waals surface area (Å²) in [4.78, 5) is 19.8. The van der Waals surface area contributed by atoms with Crippen LogP contribution in [0.25, 0.3) is 22.4 Å². The Morgan fingerprint density at radius 3 is 2.71 bits per heavy atom. The van der Waals surface area contributed by atoms with Crippen molar-refractivity contribution in [1.82, 2.24) is 9.97 Å². The average molecular weight is 323 g/mol. The number of nitrogens with two attached hydrogens (primary N) is 1. The molecular weight excluding hydrogens is 302 g/mol. The summed E-state index contributed by atoms with van der Waals surface area (Å²) in [5.41, 5.74) is 10.9. The fourth-order valence-electron chi connectivity index (χ4n) is 2.47. The van der Waals surface area contributed by atoms with Crippen LogP contribution in [0.1, 0.15) is 35.7 Å². The number of carbonyl (C=O) groups excluding carboxylic acids is 1. The Hall–Kier alpha value is -2.82. The lowest BCUT2D eigenvalue weighted by atomic mass is 10.1. The van der Waals surface area contributed by atoms with Crippen LogP contribution >= 0.6 is 0 Å². The SMILES string of the molecule is CCCCOC(=O)c1ccc(-c2nc3cc(N)c(C)cc3[nH]2)cc1. The minimum atomic E-state index is -0.289. The Morgan fingerprint density at radius 2 is 2.00 bits per heavy atom. The number of aromatic nitrogens is 2. The number of unbranched alkanes of at least 4 members (excludes halogenated alkanes) is 1. The van der Waals surface area contributed by atoms with Crippen LogP contribution in [0.15, 0.2) is 36.4 Å². The number of benzene rings is 2. The lowest BCUT2D eigenvalue weighted by Crippen LogP contribution is -2.06. The molecule has 1 heterocycles. The van der Waals surface area contributed by atoms with Crippen molar-refractivity contribution >= 4 is 22.7 Å². The van der Waals surface area contributed by atoms with E-state index in [4.69, 9.17) is 10.5 Å². The van der Waals surface area contributed by atoms with Gasteiger partial charge in [-0.1, -0.05) is 25.5 Å². The van der Waals surface area contributed by atoms with E-state index in [1.54, 1.807) is 12.1 Å². The van der Waals surface area contributed by atoms with Crippen molar-refractivity contribution in [1.29, 1.82) is 0 Å². The standard InChI is InChI=1S/C19H21N3O2/c1-3-4-9-24-19(23)14-7-5-13(6-8-14)18-21-16-10-12(2)15(20)11-17(16)22-18/h5-8,10-11H,3-4,9,20H2,1-2H3,(H,21,22). The van der Waals surface area contributed by atoms with Gasteiger partial charge in [0.25, 0.3) is 0 Å².